The van der Waals surface area contributed by atoms with Gasteiger partial charge < -0.3 is 10.0 Å². The van der Waals surface area contributed by atoms with Crippen LogP contribution in [0.1, 0.15) is 19.0 Å². The van der Waals surface area contributed by atoms with Crippen molar-refractivity contribution >= 4 is 23.1 Å². The topological polar surface area (TPSA) is 92.4 Å². The number of anilines is 1. The highest BCUT2D eigenvalue weighted by Crippen LogP contribution is 2.29. The fourth-order valence-electron chi connectivity index (χ4n) is 1.48. The standard InChI is InChI=1S/C10H15ClN4O3/c1-6(16)4-5-14(3)9-8(15(17)18)7(2)12-10(11)13-9/h6,16H,4-5H2,1-3H3. The first kappa shape index (κ1) is 14.6. The third kappa shape index (κ3) is 3.51. The Bertz CT molecular complexity index is 453. The molecule has 1 rings (SSSR count). The van der Waals surface area contributed by atoms with Gasteiger partial charge in [-0.1, -0.05) is 0 Å². The molecule has 0 aliphatic carbocycles. The molecule has 0 bridgehead atoms. The highest BCUT2D eigenvalue weighted by atomic mass is 35.5. The maximum atomic E-state index is 11.0. The van der Waals surface area contributed by atoms with E-state index in [4.69, 9.17) is 11.6 Å². The van der Waals surface area contributed by atoms with Gasteiger partial charge in [0.2, 0.25) is 11.1 Å². The van der Waals surface area contributed by atoms with Gasteiger partial charge in [0, 0.05) is 13.6 Å². The molecule has 1 atom stereocenters. The van der Waals surface area contributed by atoms with Crippen LogP contribution in [-0.2, 0) is 0 Å². The Kier molecular flexibility index (Phi) is 4.80. The Morgan fingerprint density at radius 1 is 1.56 bits per heavy atom. The summed E-state index contributed by atoms with van der Waals surface area (Å²) in [4.78, 5) is 19.7. The molecule has 1 aromatic heterocycles. The molecule has 0 amide bonds. The molecule has 18 heavy (non-hydrogen) atoms. The number of aryl methyl sites for hydroxylation is 1. The van der Waals surface area contributed by atoms with E-state index < -0.39 is 11.0 Å². The Hall–Kier alpha value is -1.47. The second kappa shape index (κ2) is 5.92. The van der Waals surface area contributed by atoms with E-state index in [0.717, 1.165) is 0 Å². The Morgan fingerprint density at radius 2 is 2.17 bits per heavy atom. The second-order valence-electron chi connectivity index (χ2n) is 4.07. The molecule has 0 saturated carbocycles. The molecule has 1 unspecified atom stereocenters. The molecule has 8 heteroatoms. The normalized spacial score (nSPS) is 12.3. The molecule has 0 aromatic carbocycles. The summed E-state index contributed by atoms with van der Waals surface area (Å²) in [5.74, 6) is 0.165. The van der Waals surface area contributed by atoms with Crippen LogP contribution in [0.4, 0.5) is 11.5 Å². The van der Waals surface area contributed by atoms with Gasteiger partial charge in [0.25, 0.3) is 0 Å². The quantitative estimate of drug-likeness (QED) is 0.497. The minimum Gasteiger partial charge on any atom is -0.393 e. The third-order valence-electron chi connectivity index (χ3n) is 2.44. The molecule has 0 fully saturated rings. The number of nitrogens with zero attached hydrogens (tertiary/aromatic N) is 4. The van der Waals surface area contributed by atoms with E-state index >= 15 is 0 Å². The lowest BCUT2D eigenvalue weighted by Crippen LogP contribution is -2.24. The Morgan fingerprint density at radius 3 is 2.67 bits per heavy atom. The summed E-state index contributed by atoms with van der Waals surface area (Å²) in [6, 6.07) is 0. The number of halogens is 1. The van der Waals surface area contributed by atoms with Crippen molar-refractivity contribution in [3.63, 3.8) is 0 Å². The largest absolute Gasteiger partial charge is 0.393 e. The number of hydrogen-bond acceptors (Lipinski definition) is 6. The van der Waals surface area contributed by atoms with Crippen LogP contribution in [0.3, 0.4) is 0 Å². The summed E-state index contributed by atoms with van der Waals surface area (Å²) in [6.07, 6.45) is -0.00108. The van der Waals surface area contributed by atoms with E-state index in [1.54, 1.807) is 18.9 Å². The number of hydrogen-bond donors (Lipinski definition) is 1. The van der Waals surface area contributed by atoms with Crippen LogP contribution in [0, 0.1) is 17.0 Å². The lowest BCUT2D eigenvalue weighted by molar-refractivity contribution is -0.385. The number of aliphatic hydroxyl groups is 1. The Labute approximate surface area is 110 Å². The van der Waals surface area contributed by atoms with Crippen molar-refractivity contribution in [2.45, 2.75) is 26.4 Å². The van der Waals surface area contributed by atoms with Crippen LogP contribution in [0.2, 0.25) is 5.28 Å². The summed E-state index contributed by atoms with van der Waals surface area (Å²) < 4.78 is 0. The predicted octanol–water partition coefficient (Wildman–Crippen LogP) is 1.55. The molecule has 100 valence electrons. The third-order valence-corrected chi connectivity index (χ3v) is 2.61. The second-order valence-corrected chi connectivity index (χ2v) is 4.40. The summed E-state index contributed by atoms with van der Waals surface area (Å²) >= 11 is 5.71. The molecular formula is C10H15ClN4O3. The maximum absolute atomic E-state index is 11.0. The number of nitro groups is 1. The number of aromatic nitrogens is 2. The molecule has 0 radical (unpaired) electrons. The number of aliphatic hydroxyl groups excluding tert-OH is 1. The lowest BCUT2D eigenvalue weighted by atomic mass is 10.2. The van der Waals surface area contributed by atoms with E-state index in [1.807, 2.05) is 0 Å². The first-order chi connectivity index (χ1) is 8.32. The van der Waals surface area contributed by atoms with Gasteiger partial charge in [0.15, 0.2) is 0 Å². The predicted molar refractivity (Wildman–Crippen MR) is 68.0 cm³/mol. The van der Waals surface area contributed by atoms with Crippen molar-refractivity contribution in [3.8, 4) is 0 Å². The van der Waals surface area contributed by atoms with Crippen molar-refractivity contribution in [2.75, 3.05) is 18.5 Å². The molecule has 1 heterocycles. The van der Waals surface area contributed by atoms with Crippen LogP contribution in [0.5, 0.6) is 0 Å². The van der Waals surface area contributed by atoms with Gasteiger partial charge in [-0.2, -0.15) is 4.98 Å². The van der Waals surface area contributed by atoms with Gasteiger partial charge in [0.1, 0.15) is 5.69 Å². The zero-order valence-electron chi connectivity index (χ0n) is 10.4. The molecule has 0 aliphatic rings. The van der Waals surface area contributed by atoms with Crippen molar-refractivity contribution < 1.29 is 10.0 Å². The highest BCUT2D eigenvalue weighted by molar-refractivity contribution is 6.28. The van der Waals surface area contributed by atoms with Crippen molar-refractivity contribution in [2.24, 2.45) is 0 Å². The van der Waals surface area contributed by atoms with Crippen LogP contribution in [0.15, 0.2) is 0 Å². The summed E-state index contributed by atoms with van der Waals surface area (Å²) in [6.45, 7) is 3.60. The van der Waals surface area contributed by atoms with Crippen molar-refractivity contribution in [1.82, 2.24) is 9.97 Å². The first-order valence-corrected chi connectivity index (χ1v) is 5.78. The fraction of sp³-hybridized carbons (Fsp3) is 0.600. The van der Waals surface area contributed by atoms with E-state index in [2.05, 4.69) is 9.97 Å². The van der Waals surface area contributed by atoms with Gasteiger partial charge in [0.05, 0.1) is 11.0 Å². The zero-order valence-corrected chi connectivity index (χ0v) is 11.2. The molecular weight excluding hydrogens is 260 g/mol. The Balaban J connectivity index is 3.09. The van der Waals surface area contributed by atoms with Gasteiger partial charge in [-0.15, -0.1) is 0 Å². The minimum atomic E-state index is -0.528. The van der Waals surface area contributed by atoms with Crippen LogP contribution in [0.25, 0.3) is 0 Å². The molecule has 0 spiro atoms. The lowest BCUT2D eigenvalue weighted by Gasteiger charge is -2.19. The van der Waals surface area contributed by atoms with Crippen LogP contribution in [-0.4, -0.2) is 39.7 Å². The van der Waals surface area contributed by atoms with Crippen LogP contribution >= 0.6 is 11.6 Å². The van der Waals surface area contributed by atoms with Gasteiger partial charge in [-0.05, 0) is 31.9 Å². The van der Waals surface area contributed by atoms with Crippen LogP contribution < -0.4 is 4.90 Å². The average Bonchev–Trinajstić information content (AvgIpc) is 2.23. The molecule has 7 nitrogen and oxygen atoms in total. The van der Waals surface area contributed by atoms with Crippen molar-refractivity contribution in [1.29, 1.82) is 0 Å². The molecule has 0 aliphatic heterocycles. The molecule has 0 saturated heterocycles. The van der Waals surface area contributed by atoms with E-state index in [9.17, 15) is 15.2 Å². The highest BCUT2D eigenvalue weighted by Gasteiger charge is 2.24. The number of rotatable bonds is 5. The molecule has 1 N–H and O–H groups in total. The van der Waals surface area contributed by atoms with Gasteiger partial charge in [-0.3, -0.25) is 10.1 Å². The molecule has 1 aromatic rings. The zero-order chi connectivity index (χ0) is 13.9. The van der Waals surface area contributed by atoms with Crippen molar-refractivity contribution in [3.05, 3.63) is 21.1 Å². The van der Waals surface area contributed by atoms with E-state index in [0.29, 0.717) is 13.0 Å². The van der Waals surface area contributed by atoms with Gasteiger partial charge >= 0.3 is 5.69 Å². The van der Waals surface area contributed by atoms with E-state index in [1.165, 1.54) is 6.92 Å². The summed E-state index contributed by atoms with van der Waals surface area (Å²) in [5.41, 5.74) is 0.0615. The van der Waals surface area contributed by atoms with E-state index in [-0.39, 0.29) is 22.5 Å². The first-order valence-electron chi connectivity index (χ1n) is 5.40. The maximum Gasteiger partial charge on any atom is 0.332 e. The average molecular weight is 275 g/mol. The monoisotopic (exact) mass is 274 g/mol. The SMILES string of the molecule is Cc1nc(Cl)nc(N(C)CCC(C)O)c1[N+](=O)[O-]. The fourth-order valence-corrected chi connectivity index (χ4v) is 1.69. The summed E-state index contributed by atoms with van der Waals surface area (Å²) in [7, 11) is 1.66. The van der Waals surface area contributed by atoms with Gasteiger partial charge in [-0.25, -0.2) is 4.98 Å². The smallest absolute Gasteiger partial charge is 0.332 e. The summed E-state index contributed by atoms with van der Waals surface area (Å²) in [5, 5.41) is 20.2. The minimum absolute atomic E-state index is 0.0306.